The normalized spacial score (nSPS) is 16.6. The van der Waals surface area contributed by atoms with Gasteiger partial charge in [-0.1, -0.05) is 35.9 Å². The number of aldehydes is 1. The number of amides is 1. The molecule has 0 saturated carbocycles. The number of nitrogens with zero attached hydrogens (tertiary/aromatic N) is 4. The van der Waals surface area contributed by atoms with E-state index in [1.54, 1.807) is 31.6 Å². The summed E-state index contributed by atoms with van der Waals surface area (Å²) in [6.07, 6.45) is 4.89. The number of hydrogen-bond acceptors (Lipinski definition) is 5. The van der Waals surface area contributed by atoms with E-state index in [0.717, 1.165) is 28.8 Å². The number of hydrazone groups is 1. The molecule has 2 aromatic carbocycles. The molecular weight excluding hydrogens is 388 g/mol. The molecular formula is C22H21ClN4O2. The van der Waals surface area contributed by atoms with Crippen LogP contribution in [0.5, 0.6) is 0 Å². The monoisotopic (exact) mass is 408 g/mol. The molecule has 0 fully saturated rings. The summed E-state index contributed by atoms with van der Waals surface area (Å²) in [6, 6.07) is 14.8. The van der Waals surface area contributed by atoms with Crippen molar-refractivity contribution in [2.75, 3.05) is 7.05 Å². The highest BCUT2D eigenvalue weighted by atomic mass is 35.5. The fourth-order valence-electron chi connectivity index (χ4n) is 3.08. The fourth-order valence-corrected chi connectivity index (χ4v) is 3.21. The van der Waals surface area contributed by atoms with Crippen LogP contribution in [-0.2, 0) is 9.59 Å². The van der Waals surface area contributed by atoms with Crippen LogP contribution in [0.1, 0.15) is 36.4 Å². The van der Waals surface area contributed by atoms with Crippen molar-refractivity contribution in [3.63, 3.8) is 0 Å². The average Bonchev–Trinajstić information content (AvgIpc) is 3.19. The van der Waals surface area contributed by atoms with Crippen molar-refractivity contribution in [3.8, 4) is 0 Å². The SMILES string of the molecule is CN=CC=Nc1ccc(C2CC(c3ccc(Cl)cc3)=NN2C(=O)CCC=O)cc1. The third kappa shape index (κ3) is 5.23. The second-order valence-electron chi connectivity index (χ2n) is 6.49. The molecule has 0 bridgehead atoms. The Morgan fingerprint density at radius 2 is 1.90 bits per heavy atom. The zero-order valence-corrected chi connectivity index (χ0v) is 16.8. The van der Waals surface area contributed by atoms with Crippen molar-refractivity contribution in [3.05, 3.63) is 64.7 Å². The van der Waals surface area contributed by atoms with Crippen LogP contribution in [0.3, 0.4) is 0 Å². The van der Waals surface area contributed by atoms with Gasteiger partial charge < -0.3 is 4.79 Å². The highest BCUT2D eigenvalue weighted by molar-refractivity contribution is 6.30. The van der Waals surface area contributed by atoms with Gasteiger partial charge in [0.05, 0.1) is 17.4 Å². The lowest BCUT2D eigenvalue weighted by molar-refractivity contribution is -0.133. The van der Waals surface area contributed by atoms with Crippen LogP contribution in [0.15, 0.2) is 63.6 Å². The summed E-state index contributed by atoms with van der Waals surface area (Å²) in [7, 11) is 1.68. The molecule has 0 radical (unpaired) electrons. The molecule has 148 valence electrons. The Kier molecular flexibility index (Phi) is 7.03. The van der Waals surface area contributed by atoms with E-state index in [4.69, 9.17) is 11.6 Å². The fraction of sp³-hybridized carbons (Fsp3) is 0.227. The molecule has 0 saturated heterocycles. The zero-order valence-electron chi connectivity index (χ0n) is 16.0. The molecule has 0 spiro atoms. The van der Waals surface area contributed by atoms with E-state index in [2.05, 4.69) is 15.1 Å². The highest BCUT2D eigenvalue weighted by Gasteiger charge is 2.32. The Hall–Kier alpha value is -3.12. The van der Waals surface area contributed by atoms with E-state index in [9.17, 15) is 9.59 Å². The highest BCUT2D eigenvalue weighted by Crippen LogP contribution is 2.34. The third-order valence-corrected chi connectivity index (χ3v) is 4.79. The molecule has 29 heavy (non-hydrogen) atoms. The van der Waals surface area contributed by atoms with Crippen LogP contribution in [0.25, 0.3) is 0 Å². The number of halogens is 1. The van der Waals surface area contributed by atoms with Gasteiger partial charge in [-0.3, -0.25) is 14.8 Å². The van der Waals surface area contributed by atoms with E-state index in [-0.39, 0.29) is 24.8 Å². The van der Waals surface area contributed by atoms with Gasteiger partial charge in [-0.15, -0.1) is 0 Å². The molecule has 1 aliphatic heterocycles. The molecule has 1 unspecified atom stereocenters. The van der Waals surface area contributed by atoms with Gasteiger partial charge in [0.1, 0.15) is 6.29 Å². The molecule has 1 heterocycles. The Balaban J connectivity index is 1.86. The first-order chi connectivity index (χ1) is 14.1. The van der Waals surface area contributed by atoms with Crippen LogP contribution >= 0.6 is 11.6 Å². The quantitative estimate of drug-likeness (QED) is 0.503. The topological polar surface area (TPSA) is 74.5 Å². The summed E-state index contributed by atoms with van der Waals surface area (Å²) in [5.41, 5.74) is 3.49. The number of carbonyl (C=O) groups excluding carboxylic acids is 2. The molecule has 0 aromatic heterocycles. The minimum atomic E-state index is -0.227. The molecule has 1 aliphatic rings. The smallest absolute Gasteiger partial charge is 0.243 e. The van der Waals surface area contributed by atoms with Crippen LogP contribution in [-0.4, -0.2) is 42.4 Å². The maximum atomic E-state index is 12.7. The Morgan fingerprint density at radius 1 is 1.17 bits per heavy atom. The summed E-state index contributed by atoms with van der Waals surface area (Å²) in [5.74, 6) is -0.174. The van der Waals surface area contributed by atoms with E-state index in [1.165, 1.54) is 5.01 Å². The minimum absolute atomic E-state index is 0.135. The summed E-state index contributed by atoms with van der Waals surface area (Å²) < 4.78 is 0. The molecule has 6 nitrogen and oxygen atoms in total. The Morgan fingerprint density at radius 3 is 2.55 bits per heavy atom. The van der Waals surface area contributed by atoms with Gasteiger partial charge in [-0.05, 0) is 35.4 Å². The summed E-state index contributed by atoms with van der Waals surface area (Å²) in [5, 5.41) is 6.72. The first-order valence-electron chi connectivity index (χ1n) is 9.26. The number of rotatable bonds is 7. The largest absolute Gasteiger partial charge is 0.303 e. The summed E-state index contributed by atoms with van der Waals surface area (Å²) >= 11 is 5.98. The first kappa shape index (κ1) is 20.6. The third-order valence-electron chi connectivity index (χ3n) is 4.54. The molecule has 0 aliphatic carbocycles. The number of benzene rings is 2. The predicted octanol–water partition coefficient (Wildman–Crippen LogP) is 4.40. The minimum Gasteiger partial charge on any atom is -0.303 e. The van der Waals surface area contributed by atoms with E-state index in [0.29, 0.717) is 11.4 Å². The molecule has 0 N–H and O–H groups in total. The zero-order chi connectivity index (χ0) is 20.6. The molecule has 1 amide bonds. The van der Waals surface area contributed by atoms with Gasteiger partial charge in [0, 0.05) is 43.8 Å². The maximum Gasteiger partial charge on any atom is 0.243 e. The Labute approximate surface area is 174 Å². The first-order valence-corrected chi connectivity index (χ1v) is 9.64. The number of hydrogen-bond donors (Lipinski definition) is 0. The van der Waals surface area contributed by atoms with E-state index in [1.807, 2.05) is 36.4 Å². The standard InChI is InChI=1S/C22H21ClN4O2/c1-24-12-13-25-19-10-6-17(7-11-19)21-15-20(16-4-8-18(23)9-5-16)26-27(21)22(29)3-2-14-28/h4-14,21H,2-3,15H2,1H3. The lowest BCUT2D eigenvalue weighted by atomic mass is 9.98. The van der Waals surface area contributed by atoms with E-state index >= 15 is 0 Å². The van der Waals surface area contributed by atoms with Crippen molar-refractivity contribution in [1.29, 1.82) is 0 Å². The van der Waals surface area contributed by atoms with Crippen LogP contribution in [0.4, 0.5) is 5.69 Å². The molecule has 3 rings (SSSR count). The lowest BCUT2D eigenvalue weighted by Crippen LogP contribution is -2.26. The van der Waals surface area contributed by atoms with Gasteiger partial charge in [0.15, 0.2) is 0 Å². The van der Waals surface area contributed by atoms with Crippen LogP contribution in [0, 0.1) is 0 Å². The van der Waals surface area contributed by atoms with E-state index < -0.39 is 0 Å². The van der Waals surface area contributed by atoms with Gasteiger partial charge in [0.2, 0.25) is 5.91 Å². The van der Waals surface area contributed by atoms with Gasteiger partial charge in [-0.25, -0.2) is 5.01 Å². The van der Waals surface area contributed by atoms with Crippen molar-refractivity contribution in [1.82, 2.24) is 5.01 Å². The number of aliphatic imine (C=N–C) groups is 2. The molecule has 1 atom stereocenters. The average molecular weight is 409 g/mol. The van der Waals surface area contributed by atoms with Crippen LogP contribution < -0.4 is 0 Å². The Bertz CT molecular complexity index is 950. The van der Waals surface area contributed by atoms with Gasteiger partial charge >= 0.3 is 0 Å². The second-order valence-corrected chi connectivity index (χ2v) is 6.93. The lowest BCUT2D eigenvalue weighted by Gasteiger charge is -2.22. The summed E-state index contributed by atoms with van der Waals surface area (Å²) in [6.45, 7) is 0. The number of carbonyl (C=O) groups is 2. The van der Waals surface area contributed by atoms with Gasteiger partial charge in [0.25, 0.3) is 0 Å². The van der Waals surface area contributed by atoms with Crippen molar-refractivity contribution in [2.45, 2.75) is 25.3 Å². The van der Waals surface area contributed by atoms with Crippen molar-refractivity contribution in [2.24, 2.45) is 15.1 Å². The second kappa shape index (κ2) is 9.89. The van der Waals surface area contributed by atoms with Gasteiger partial charge in [-0.2, -0.15) is 5.10 Å². The maximum absolute atomic E-state index is 12.7. The van der Waals surface area contributed by atoms with Crippen molar-refractivity contribution < 1.29 is 9.59 Å². The summed E-state index contributed by atoms with van der Waals surface area (Å²) in [4.78, 5) is 31.5. The van der Waals surface area contributed by atoms with Crippen LogP contribution in [0.2, 0.25) is 5.02 Å². The molecule has 7 heteroatoms. The predicted molar refractivity (Wildman–Crippen MR) is 117 cm³/mol. The molecule has 2 aromatic rings. The van der Waals surface area contributed by atoms with Crippen molar-refractivity contribution >= 4 is 47.6 Å².